The Bertz CT molecular complexity index is 902. The number of hydrogen-bond acceptors (Lipinski definition) is 4. The monoisotopic (exact) mass is 369 g/mol. The van der Waals surface area contributed by atoms with Crippen molar-refractivity contribution in [2.45, 2.75) is 51.2 Å². The number of carbonyl (C=O) groups is 2. The third-order valence-electron chi connectivity index (χ3n) is 5.38. The van der Waals surface area contributed by atoms with Crippen LogP contribution in [0.15, 0.2) is 24.5 Å². The third-order valence-corrected chi connectivity index (χ3v) is 5.38. The lowest BCUT2D eigenvalue weighted by Crippen LogP contribution is -2.53. The van der Waals surface area contributed by atoms with Crippen LogP contribution < -0.4 is 4.74 Å². The van der Waals surface area contributed by atoms with Crippen LogP contribution in [0.25, 0.3) is 0 Å². The molecule has 0 radical (unpaired) electrons. The molecule has 2 aromatic rings. The van der Waals surface area contributed by atoms with Crippen molar-refractivity contribution in [1.82, 2.24) is 14.9 Å². The lowest BCUT2D eigenvalue weighted by Gasteiger charge is -2.37. The molecule has 7 nitrogen and oxygen atoms in total. The van der Waals surface area contributed by atoms with Crippen molar-refractivity contribution in [3.05, 3.63) is 47.0 Å². The molecule has 1 unspecified atom stereocenters. The molecule has 27 heavy (non-hydrogen) atoms. The van der Waals surface area contributed by atoms with Gasteiger partial charge in [0.15, 0.2) is 11.6 Å². The molecule has 0 bridgehead atoms. The fourth-order valence-electron chi connectivity index (χ4n) is 4.04. The average Bonchev–Trinajstić information content (AvgIpc) is 3.27. The van der Waals surface area contributed by atoms with Gasteiger partial charge in [-0.05, 0) is 56.4 Å². The summed E-state index contributed by atoms with van der Waals surface area (Å²) in [5, 5.41) is 9.70. The number of aliphatic carboxylic acids is 1. The number of nitrogens with zero attached hydrogens (tertiary/aromatic N) is 2. The number of benzene rings is 1. The summed E-state index contributed by atoms with van der Waals surface area (Å²) < 4.78 is 6.03. The van der Waals surface area contributed by atoms with E-state index in [1.54, 1.807) is 13.8 Å². The van der Waals surface area contributed by atoms with Crippen LogP contribution in [-0.2, 0) is 28.9 Å². The molecule has 0 fully saturated rings. The molecule has 0 spiro atoms. The molecular formula is C20H23N3O4. The topological polar surface area (TPSA) is 95.5 Å². The van der Waals surface area contributed by atoms with Gasteiger partial charge in [0.25, 0.3) is 5.91 Å². The number of hydrogen-bond donors (Lipinski definition) is 2. The van der Waals surface area contributed by atoms with E-state index in [9.17, 15) is 14.7 Å². The summed E-state index contributed by atoms with van der Waals surface area (Å²) in [7, 11) is 0. The number of H-pyrrole nitrogens is 1. The number of aromatic nitrogens is 2. The Balaban J connectivity index is 1.58. The SMILES string of the molecule is CC(C)(Oc1ccc2c(c1)CCC2)C(=O)N1CCc2[nH]cnc2C1C(=O)O. The summed E-state index contributed by atoms with van der Waals surface area (Å²) in [5.41, 5.74) is 2.57. The summed E-state index contributed by atoms with van der Waals surface area (Å²) >= 11 is 0. The first-order valence-corrected chi connectivity index (χ1v) is 9.23. The lowest BCUT2D eigenvalue weighted by atomic mass is 9.98. The second-order valence-corrected chi connectivity index (χ2v) is 7.65. The minimum absolute atomic E-state index is 0.308. The molecule has 1 aromatic carbocycles. The van der Waals surface area contributed by atoms with Gasteiger partial charge in [-0.25, -0.2) is 9.78 Å². The molecule has 7 heteroatoms. The number of fused-ring (bicyclic) bond motifs is 2. The summed E-state index contributed by atoms with van der Waals surface area (Å²) in [6.45, 7) is 3.67. The van der Waals surface area contributed by atoms with Gasteiger partial charge in [0.1, 0.15) is 5.75 Å². The second kappa shape index (κ2) is 6.40. The maximum atomic E-state index is 13.2. The Morgan fingerprint density at radius 2 is 2.04 bits per heavy atom. The van der Waals surface area contributed by atoms with Gasteiger partial charge in [0.2, 0.25) is 0 Å². The minimum atomic E-state index is -1.19. The third kappa shape index (κ3) is 3.07. The van der Waals surface area contributed by atoms with Crippen LogP contribution in [0, 0.1) is 0 Å². The number of carbonyl (C=O) groups excluding carboxylic acids is 1. The quantitative estimate of drug-likeness (QED) is 0.862. The zero-order valence-electron chi connectivity index (χ0n) is 15.5. The van der Waals surface area contributed by atoms with Gasteiger partial charge in [-0.1, -0.05) is 6.07 Å². The van der Waals surface area contributed by atoms with Gasteiger partial charge >= 0.3 is 5.97 Å². The summed E-state index contributed by atoms with van der Waals surface area (Å²) in [6.07, 6.45) is 5.26. The van der Waals surface area contributed by atoms with Gasteiger partial charge in [-0.2, -0.15) is 0 Å². The summed E-state index contributed by atoms with van der Waals surface area (Å²) in [4.78, 5) is 33.5. The molecule has 2 aliphatic rings. The van der Waals surface area contributed by atoms with Crippen LogP contribution in [0.4, 0.5) is 0 Å². The molecule has 1 aromatic heterocycles. The summed E-state index contributed by atoms with van der Waals surface area (Å²) in [5.74, 6) is -0.813. The fourth-order valence-corrected chi connectivity index (χ4v) is 4.04. The first-order valence-electron chi connectivity index (χ1n) is 9.23. The first kappa shape index (κ1) is 17.6. The van der Waals surface area contributed by atoms with Crippen molar-refractivity contribution < 1.29 is 19.4 Å². The molecule has 0 saturated carbocycles. The second-order valence-electron chi connectivity index (χ2n) is 7.65. The van der Waals surface area contributed by atoms with Crippen LogP contribution in [-0.4, -0.2) is 44.0 Å². The fraction of sp³-hybridized carbons (Fsp3) is 0.450. The van der Waals surface area contributed by atoms with Crippen molar-refractivity contribution in [2.24, 2.45) is 0 Å². The van der Waals surface area contributed by atoms with Gasteiger partial charge < -0.3 is 19.7 Å². The van der Waals surface area contributed by atoms with E-state index in [0.717, 1.165) is 25.0 Å². The Kier molecular flexibility index (Phi) is 4.17. The van der Waals surface area contributed by atoms with Crippen molar-refractivity contribution in [3.63, 3.8) is 0 Å². The predicted octanol–water partition coefficient (Wildman–Crippen LogP) is 2.27. The van der Waals surface area contributed by atoms with Crippen LogP contribution in [0.5, 0.6) is 5.75 Å². The van der Waals surface area contributed by atoms with E-state index in [-0.39, 0.29) is 5.91 Å². The van der Waals surface area contributed by atoms with Crippen molar-refractivity contribution >= 4 is 11.9 Å². The predicted molar refractivity (Wildman–Crippen MR) is 97.6 cm³/mol. The van der Waals surface area contributed by atoms with Gasteiger partial charge in [-0.15, -0.1) is 0 Å². The Labute approximate surface area is 157 Å². The Morgan fingerprint density at radius 1 is 1.26 bits per heavy atom. The molecule has 142 valence electrons. The van der Waals surface area contributed by atoms with Crippen LogP contribution in [0.2, 0.25) is 0 Å². The summed E-state index contributed by atoms with van der Waals surface area (Å²) in [6, 6.07) is 4.83. The zero-order chi connectivity index (χ0) is 19.2. The number of carboxylic acids is 1. The molecule has 1 amide bonds. The molecule has 1 atom stereocenters. The van der Waals surface area contributed by atoms with Crippen LogP contribution >= 0.6 is 0 Å². The standard InChI is InChI=1S/C20H23N3O4/c1-20(2,27-14-7-6-12-4-3-5-13(12)10-14)19(26)23-9-8-15-16(22-11-21-15)17(23)18(24)25/h6-7,10-11,17H,3-5,8-9H2,1-2H3,(H,21,22)(H,24,25). The maximum absolute atomic E-state index is 13.2. The first-order chi connectivity index (χ1) is 12.9. The highest BCUT2D eigenvalue weighted by molar-refractivity contribution is 5.90. The molecule has 1 aliphatic heterocycles. The molecular weight excluding hydrogens is 346 g/mol. The zero-order valence-corrected chi connectivity index (χ0v) is 15.5. The normalized spacial score (nSPS) is 18.7. The highest BCUT2D eigenvalue weighted by atomic mass is 16.5. The number of rotatable bonds is 4. The van der Waals surface area contributed by atoms with Gasteiger partial charge in [-0.3, -0.25) is 4.79 Å². The smallest absolute Gasteiger partial charge is 0.332 e. The van der Waals surface area contributed by atoms with E-state index in [1.165, 1.54) is 22.4 Å². The van der Waals surface area contributed by atoms with E-state index in [4.69, 9.17) is 4.74 Å². The van der Waals surface area contributed by atoms with E-state index in [0.29, 0.717) is 24.4 Å². The highest BCUT2D eigenvalue weighted by Gasteiger charge is 2.44. The number of amides is 1. The van der Waals surface area contributed by atoms with E-state index in [2.05, 4.69) is 16.0 Å². The number of nitrogens with one attached hydrogen (secondary N) is 1. The molecule has 1 aliphatic carbocycles. The van der Waals surface area contributed by atoms with E-state index < -0.39 is 17.6 Å². The Hall–Kier alpha value is -2.83. The number of imidazole rings is 1. The minimum Gasteiger partial charge on any atom is -0.479 e. The van der Waals surface area contributed by atoms with Crippen LogP contribution in [0.1, 0.15) is 48.8 Å². The average molecular weight is 369 g/mol. The van der Waals surface area contributed by atoms with Crippen molar-refractivity contribution in [3.8, 4) is 5.75 Å². The number of carboxylic acid groups (broad SMARTS) is 1. The molecule has 2 N–H and O–H groups in total. The van der Waals surface area contributed by atoms with Gasteiger partial charge in [0.05, 0.1) is 12.0 Å². The highest BCUT2D eigenvalue weighted by Crippen LogP contribution is 2.32. The molecule has 0 saturated heterocycles. The molecule has 4 rings (SSSR count). The molecule has 2 heterocycles. The van der Waals surface area contributed by atoms with E-state index >= 15 is 0 Å². The number of aromatic amines is 1. The van der Waals surface area contributed by atoms with Crippen LogP contribution in [0.3, 0.4) is 0 Å². The van der Waals surface area contributed by atoms with Crippen molar-refractivity contribution in [1.29, 1.82) is 0 Å². The van der Waals surface area contributed by atoms with Crippen molar-refractivity contribution in [2.75, 3.05) is 6.54 Å². The number of ether oxygens (including phenoxy) is 1. The van der Waals surface area contributed by atoms with Gasteiger partial charge in [0, 0.05) is 18.7 Å². The maximum Gasteiger partial charge on any atom is 0.332 e. The number of aryl methyl sites for hydroxylation is 2. The van der Waals surface area contributed by atoms with E-state index in [1.807, 2.05) is 12.1 Å². The lowest BCUT2D eigenvalue weighted by molar-refractivity contribution is -0.158. The largest absolute Gasteiger partial charge is 0.479 e. The Morgan fingerprint density at radius 3 is 2.81 bits per heavy atom.